The first-order valence-electron chi connectivity index (χ1n) is 10.0. The van der Waals surface area contributed by atoms with E-state index in [1.165, 1.54) is 31.2 Å². The van der Waals surface area contributed by atoms with Crippen molar-refractivity contribution in [1.29, 1.82) is 0 Å². The Morgan fingerprint density at radius 3 is 2.42 bits per heavy atom. The summed E-state index contributed by atoms with van der Waals surface area (Å²) in [5.41, 5.74) is 3.69. The topological polar surface area (TPSA) is 66.3 Å². The minimum Gasteiger partial charge on any atom is -0.500 e. The van der Waals surface area contributed by atoms with Crippen LogP contribution >= 0.6 is 0 Å². The van der Waals surface area contributed by atoms with Gasteiger partial charge in [-0.05, 0) is 32.4 Å². The van der Waals surface area contributed by atoms with Crippen LogP contribution in [0, 0.1) is 13.8 Å². The lowest BCUT2D eigenvalue weighted by Gasteiger charge is -2.23. The average Bonchev–Trinajstić information content (AvgIpc) is 2.74. The molecule has 0 bridgehead atoms. The van der Waals surface area contributed by atoms with Crippen molar-refractivity contribution in [2.75, 3.05) is 20.4 Å². The van der Waals surface area contributed by atoms with Crippen LogP contribution in [0.15, 0.2) is 59.6 Å². The van der Waals surface area contributed by atoms with E-state index in [1.807, 2.05) is 32.0 Å². The molecule has 0 aromatic heterocycles. The average molecular weight is 442 g/mol. The molecule has 0 heterocycles. The number of carbonyl (C=O) groups is 1. The number of nitrogens with zero attached hydrogens (tertiary/aromatic N) is 1. The van der Waals surface area contributed by atoms with E-state index >= 15 is 0 Å². The highest BCUT2D eigenvalue weighted by atomic mass is 28.3. The summed E-state index contributed by atoms with van der Waals surface area (Å²) in [7, 11) is 0.936. The van der Waals surface area contributed by atoms with E-state index in [1.54, 1.807) is 0 Å². The fourth-order valence-electron chi connectivity index (χ4n) is 3.13. The minimum absolute atomic E-state index is 0.0397. The highest BCUT2D eigenvalue weighted by molar-refractivity contribution is 6.90. The van der Waals surface area contributed by atoms with Gasteiger partial charge >= 0.3 is 5.97 Å². The molecule has 0 amide bonds. The summed E-state index contributed by atoms with van der Waals surface area (Å²) in [6, 6.07) is 14.1. The molecule has 0 saturated heterocycles. The van der Waals surface area contributed by atoms with Crippen molar-refractivity contribution in [3.05, 3.63) is 71.2 Å². The quantitative estimate of drug-likeness (QED) is 0.145. The number of aryl methyl sites for hydroxylation is 2. The number of oxime groups is 1. The zero-order valence-electron chi connectivity index (χ0n) is 19.3. The van der Waals surface area contributed by atoms with Crippen molar-refractivity contribution >= 4 is 24.9 Å². The molecule has 0 spiro atoms. The monoisotopic (exact) mass is 441 g/mol. The molecule has 2 rings (SSSR count). The van der Waals surface area contributed by atoms with E-state index in [0.29, 0.717) is 12.0 Å². The molecule has 0 N–H and O–H groups in total. The van der Waals surface area contributed by atoms with Crippen LogP contribution in [0.5, 0.6) is 5.75 Å². The molecule has 2 aromatic carbocycles. The Hall–Kier alpha value is -3.06. The summed E-state index contributed by atoms with van der Waals surface area (Å²) in [4.78, 5) is 17.7. The number of esters is 1. The highest BCUT2D eigenvalue weighted by Crippen LogP contribution is 2.23. The summed E-state index contributed by atoms with van der Waals surface area (Å²) >= 11 is 0. The molecule has 0 radical (unpaired) electrons. The van der Waals surface area contributed by atoms with Crippen molar-refractivity contribution < 1.29 is 23.8 Å². The third kappa shape index (κ3) is 6.46. The third-order valence-corrected chi connectivity index (χ3v) is 7.81. The molecule has 0 saturated carbocycles. The Morgan fingerprint density at radius 2 is 1.77 bits per heavy atom. The lowest BCUT2D eigenvalue weighted by Crippen LogP contribution is -2.47. The molecule has 0 aliphatic rings. The van der Waals surface area contributed by atoms with Crippen LogP contribution in [0.1, 0.15) is 23.6 Å². The normalized spacial score (nSPS) is 12.4. The number of methoxy groups -OCH3 is 2. The van der Waals surface area contributed by atoms with E-state index in [2.05, 4.69) is 49.4 Å². The SMILES string of the molecule is COC=C(Oc1cc(C(C)=NOC[Si](C)(C)c2ccccc2C)ccc1C)C(=O)OC. The number of hydrogen-bond donors (Lipinski definition) is 0. The summed E-state index contributed by atoms with van der Waals surface area (Å²) in [5.74, 6) is -0.152. The Morgan fingerprint density at radius 1 is 1.06 bits per heavy atom. The number of rotatable bonds is 9. The van der Waals surface area contributed by atoms with Gasteiger partial charge in [0.05, 0.1) is 19.9 Å². The molecular weight excluding hydrogens is 410 g/mol. The number of ether oxygens (including phenoxy) is 3. The summed E-state index contributed by atoms with van der Waals surface area (Å²) in [5, 5.41) is 5.71. The molecular formula is C24H31NO5Si. The van der Waals surface area contributed by atoms with Crippen molar-refractivity contribution in [3.8, 4) is 5.75 Å². The molecule has 31 heavy (non-hydrogen) atoms. The van der Waals surface area contributed by atoms with Crippen molar-refractivity contribution in [3.63, 3.8) is 0 Å². The van der Waals surface area contributed by atoms with Gasteiger partial charge < -0.3 is 19.0 Å². The van der Waals surface area contributed by atoms with Crippen LogP contribution < -0.4 is 9.92 Å². The van der Waals surface area contributed by atoms with Gasteiger partial charge in [-0.1, -0.05) is 65.4 Å². The second-order valence-electron chi connectivity index (χ2n) is 7.94. The fraction of sp³-hybridized carbons (Fsp3) is 0.333. The van der Waals surface area contributed by atoms with Gasteiger partial charge in [0.2, 0.25) is 5.76 Å². The maximum atomic E-state index is 11.9. The van der Waals surface area contributed by atoms with E-state index in [-0.39, 0.29) is 5.76 Å². The molecule has 0 atom stereocenters. The van der Waals surface area contributed by atoms with Gasteiger partial charge in [-0.3, -0.25) is 0 Å². The summed E-state index contributed by atoms with van der Waals surface area (Å²) in [6.45, 7) is 10.4. The van der Waals surface area contributed by atoms with Gasteiger partial charge in [-0.25, -0.2) is 4.79 Å². The second-order valence-corrected chi connectivity index (χ2v) is 12.5. The van der Waals surface area contributed by atoms with Crippen LogP contribution in [-0.4, -0.2) is 40.2 Å². The lowest BCUT2D eigenvalue weighted by molar-refractivity contribution is -0.138. The summed E-state index contributed by atoms with van der Waals surface area (Å²) in [6.07, 6.45) is 1.79. The Bertz CT molecular complexity index is 982. The van der Waals surface area contributed by atoms with E-state index in [9.17, 15) is 4.79 Å². The molecule has 0 unspecified atom stereocenters. The van der Waals surface area contributed by atoms with Crippen molar-refractivity contribution in [2.45, 2.75) is 33.9 Å². The first-order chi connectivity index (χ1) is 14.7. The smallest absolute Gasteiger partial charge is 0.377 e. The third-order valence-electron chi connectivity index (χ3n) is 4.94. The van der Waals surface area contributed by atoms with E-state index in [0.717, 1.165) is 16.8 Å². The highest BCUT2D eigenvalue weighted by Gasteiger charge is 2.26. The summed E-state index contributed by atoms with van der Waals surface area (Å²) < 4.78 is 15.4. The standard InChI is InChI=1S/C24H31NO5Si/c1-17-12-13-20(14-21(17)30-22(15-27-4)24(26)28-5)19(3)25-29-16-31(6,7)23-11-9-8-10-18(23)2/h8-15H,16H2,1-7H3. The van der Waals surface area contributed by atoms with Crippen LogP contribution in [0.4, 0.5) is 0 Å². The largest absolute Gasteiger partial charge is 0.500 e. The number of carbonyl (C=O) groups excluding carboxylic acids is 1. The fourth-order valence-corrected chi connectivity index (χ4v) is 5.37. The minimum atomic E-state index is -1.79. The first-order valence-corrected chi connectivity index (χ1v) is 13.2. The number of hydrogen-bond acceptors (Lipinski definition) is 6. The van der Waals surface area contributed by atoms with Gasteiger partial charge in [0.25, 0.3) is 0 Å². The van der Waals surface area contributed by atoms with Crippen LogP contribution in [-0.2, 0) is 19.1 Å². The molecule has 7 heteroatoms. The van der Waals surface area contributed by atoms with Crippen molar-refractivity contribution in [2.24, 2.45) is 5.16 Å². The Balaban J connectivity index is 2.16. The predicted molar refractivity (Wildman–Crippen MR) is 125 cm³/mol. The van der Waals surface area contributed by atoms with E-state index in [4.69, 9.17) is 19.0 Å². The maximum absolute atomic E-state index is 11.9. The molecule has 0 aliphatic heterocycles. The van der Waals surface area contributed by atoms with Gasteiger partial charge in [-0.2, -0.15) is 0 Å². The molecule has 0 aliphatic carbocycles. The Labute approximate surface area is 185 Å². The van der Waals surface area contributed by atoms with Gasteiger partial charge in [0.1, 0.15) is 26.3 Å². The van der Waals surface area contributed by atoms with Gasteiger partial charge in [-0.15, -0.1) is 0 Å². The first kappa shape index (κ1) is 24.2. The van der Waals surface area contributed by atoms with E-state index < -0.39 is 14.0 Å². The van der Waals surface area contributed by atoms with Gasteiger partial charge in [0.15, 0.2) is 0 Å². The molecule has 166 valence electrons. The molecule has 2 aromatic rings. The number of benzene rings is 2. The van der Waals surface area contributed by atoms with Crippen LogP contribution in [0.25, 0.3) is 0 Å². The van der Waals surface area contributed by atoms with Crippen molar-refractivity contribution in [1.82, 2.24) is 0 Å². The van der Waals surface area contributed by atoms with Crippen LogP contribution in [0.2, 0.25) is 13.1 Å². The predicted octanol–water partition coefficient (Wildman–Crippen LogP) is 4.24. The Kier molecular flexibility index (Phi) is 8.44. The zero-order valence-corrected chi connectivity index (χ0v) is 20.3. The lowest BCUT2D eigenvalue weighted by atomic mass is 10.1. The molecule has 0 fully saturated rings. The second kappa shape index (κ2) is 10.8. The molecule has 6 nitrogen and oxygen atoms in total. The van der Waals surface area contributed by atoms with Crippen LogP contribution in [0.3, 0.4) is 0 Å². The maximum Gasteiger partial charge on any atom is 0.377 e. The van der Waals surface area contributed by atoms with Gasteiger partial charge in [0, 0.05) is 5.56 Å². The zero-order chi connectivity index (χ0) is 23.0.